The highest BCUT2D eigenvalue weighted by Gasteiger charge is 2.51. The lowest BCUT2D eigenvalue weighted by molar-refractivity contribution is 0.0557. The minimum atomic E-state index is -5.62. The first-order chi connectivity index (χ1) is 11.5. The molecule has 2 rings (SSSR count). The molecule has 0 aliphatic carbocycles. The lowest BCUT2D eigenvalue weighted by Crippen LogP contribution is -2.14. The van der Waals surface area contributed by atoms with Gasteiger partial charge in [0, 0.05) is 26.0 Å². The Kier molecular flexibility index (Phi) is 6.84. The van der Waals surface area contributed by atoms with E-state index < -0.39 is 18.8 Å². The van der Waals surface area contributed by atoms with Gasteiger partial charge in [-0.2, -0.15) is 20.5 Å². The van der Waals surface area contributed by atoms with Gasteiger partial charge in [0.1, 0.15) is 5.82 Å². The van der Waals surface area contributed by atoms with Crippen molar-refractivity contribution in [1.82, 2.24) is 0 Å². The third kappa shape index (κ3) is 5.11. The second kappa shape index (κ2) is 8.15. The van der Waals surface area contributed by atoms with Gasteiger partial charge in [-0.05, 0) is 29.3 Å². The van der Waals surface area contributed by atoms with Gasteiger partial charge in [0.15, 0.2) is 0 Å². The summed E-state index contributed by atoms with van der Waals surface area (Å²) in [4.78, 5) is 17.6. The van der Waals surface area contributed by atoms with Gasteiger partial charge in [-0.25, -0.2) is 4.39 Å². The predicted octanol–water partition coefficient (Wildman–Crippen LogP) is 6.01. The van der Waals surface area contributed by atoms with Crippen molar-refractivity contribution in [1.29, 1.82) is 0 Å². The lowest BCUT2D eigenvalue weighted by Gasteiger charge is -2.19. The second-order valence-corrected chi connectivity index (χ2v) is 9.53. The Hall–Kier alpha value is -0.310. The molecule has 0 aromatic heterocycles. The summed E-state index contributed by atoms with van der Waals surface area (Å²) in [6.07, 6.45) is 0. The molecule has 0 fully saturated rings. The van der Waals surface area contributed by atoms with Crippen molar-refractivity contribution in [2.75, 3.05) is 0 Å². The quantitative estimate of drug-likeness (QED) is 0.459. The fourth-order valence-corrected chi connectivity index (χ4v) is 4.61. The molecule has 136 valence electrons. The molecule has 0 aliphatic heterocycles. The van der Waals surface area contributed by atoms with Crippen molar-refractivity contribution in [3.8, 4) is 0 Å². The Morgan fingerprint density at radius 2 is 1.76 bits per heavy atom. The Balaban J connectivity index is 2.07. The molecule has 0 atom stereocenters. The summed E-state index contributed by atoms with van der Waals surface area (Å²) in [6.45, 7) is 0. The van der Waals surface area contributed by atoms with Gasteiger partial charge in [0.2, 0.25) is 0 Å². The van der Waals surface area contributed by atoms with Crippen LogP contribution in [0.25, 0.3) is 0 Å². The number of rotatable bonds is 6. The molecule has 25 heavy (non-hydrogen) atoms. The summed E-state index contributed by atoms with van der Waals surface area (Å²) in [6, 6.07) is 8.49. The molecule has 0 heterocycles. The van der Waals surface area contributed by atoms with E-state index in [4.69, 9.17) is 9.79 Å². The summed E-state index contributed by atoms with van der Waals surface area (Å²) in [5.74, 6) is 0.493. The topological polar surface area (TPSA) is 57.5 Å². The largest absolute Gasteiger partial charge is 0.399 e. The van der Waals surface area contributed by atoms with E-state index in [0.717, 1.165) is 6.07 Å². The summed E-state index contributed by atoms with van der Waals surface area (Å²) < 4.78 is 52.8. The summed E-state index contributed by atoms with van der Waals surface area (Å²) >= 11 is 7.50. The molecule has 0 aliphatic rings. The van der Waals surface area contributed by atoms with Crippen molar-refractivity contribution in [2.24, 2.45) is 0 Å². The van der Waals surface area contributed by atoms with E-state index in [1.807, 2.05) is 0 Å². The normalized spacial score (nSPS) is 12.4. The first-order valence-electron chi connectivity index (χ1n) is 6.76. The zero-order chi connectivity index (χ0) is 18.8. The van der Waals surface area contributed by atoms with Gasteiger partial charge in [-0.1, -0.05) is 50.1 Å². The van der Waals surface area contributed by atoms with Crippen LogP contribution in [-0.4, -0.2) is 9.79 Å². The van der Waals surface area contributed by atoms with Crippen molar-refractivity contribution in [3.05, 3.63) is 67.9 Å². The van der Waals surface area contributed by atoms with Gasteiger partial charge in [0.05, 0.1) is 0 Å². The maximum atomic E-state index is 13.8. The van der Waals surface area contributed by atoms with E-state index in [1.54, 1.807) is 12.1 Å². The number of thioether (sulfide) groups is 1. The third-order valence-corrected chi connectivity index (χ3v) is 6.44. The van der Waals surface area contributed by atoms with Crippen LogP contribution in [0.2, 0.25) is 0 Å². The molecule has 0 unspecified atom stereocenters. The Labute approximate surface area is 163 Å². The maximum absolute atomic E-state index is 13.8. The van der Waals surface area contributed by atoms with Gasteiger partial charge < -0.3 is 9.79 Å². The standard InChI is InChI=1S/C15H12Br2F3O3PS/c16-11-3-2-10(14(18)6-11)8-25-7-9-1-4-12(13(17)5-9)15(19,20)24(21,22)23/h1-6H,7-8H2,(H2,21,22,23). The molecule has 3 nitrogen and oxygen atoms in total. The smallest absolute Gasteiger partial charge is 0.320 e. The van der Waals surface area contributed by atoms with Gasteiger partial charge in [-0.15, -0.1) is 0 Å². The van der Waals surface area contributed by atoms with Crippen molar-refractivity contribution >= 4 is 51.2 Å². The van der Waals surface area contributed by atoms with Crippen LogP contribution < -0.4 is 0 Å². The predicted molar refractivity (Wildman–Crippen MR) is 99.2 cm³/mol. The molecule has 0 bridgehead atoms. The fraction of sp³-hybridized carbons (Fsp3) is 0.200. The van der Waals surface area contributed by atoms with Crippen molar-refractivity contribution in [2.45, 2.75) is 17.2 Å². The molecule has 10 heteroatoms. The Morgan fingerprint density at radius 1 is 1.08 bits per heavy atom. The number of halogens is 5. The highest BCUT2D eigenvalue weighted by molar-refractivity contribution is 9.10. The van der Waals surface area contributed by atoms with E-state index >= 15 is 0 Å². The minimum Gasteiger partial charge on any atom is -0.320 e. The van der Waals surface area contributed by atoms with Gasteiger partial charge >= 0.3 is 13.3 Å². The summed E-state index contributed by atoms with van der Waals surface area (Å²) in [7, 11) is -5.62. The monoisotopic (exact) mass is 518 g/mol. The molecule has 2 aromatic carbocycles. The summed E-state index contributed by atoms with van der Waals surface area (Å²) in [5.41, 5.74) is -3.84. The Morgan fingerprint density at radius 3 is 2.32 bits per heavy atom. The minimum absolute atomic E-state index is 0.0891. The van der Waals surface area contributed by atoms with Crippen LogP contribution in [0.4, 0.5) is 13.2 Å². The zero-order valence-electron chi connectivity index (χ0n) is 12.4. The number of hydrogen-bond donors (Lipinski definition) is 2. The molecule has 0 amide bonds. The van der Waals surface area contributed by atoms with Crippen molar-refractivity contribution in [3.63, 3.8) is 0 Å². The molecule has 0 spiro atoms. The van der Waals surface area contributed by atoms with Gasteiger partial charge in [0.25, 0.3) is 0 Å². The average molecular weight is 520 g/mol. The van der Waals surface area contributed by atoms with Crippen LogP contribution in [-0.2, 0) is 21.7 Å². The molecule has 0 saturated carbocycles. The number of benzene rings is 2. The number of alkyl halides is 2. The van der Waals surface area contributed by atoms with E-state index in [0.29, 0.717) is 27.1 Å². The molecule has 0 radical (unpaired) electrons. The van der Waals surface area contributed by atoms with E-state index in [9.17, 15) is 17.7 Å². The molecule has 2 N–H and O–H groups in total. The Bertz CT molecular complexity index is 830. The van der Waals surface area contributed by atoms with Crippen LogP contribution in [0.3, 0.4) is 0 Å². The number of hydrogen-bond acceptors (Lipinski definition) is 2. The lowest BCUT2D eigenvalue weighted by atomic mass is 10.1. The van der Waals surface area contributed by atoms with E-state index in [2.05, 4.69) is 31.9 Å². The third-order valence-electron chi connectivity index (χ3n) is 3.26. The van der Waals surface area contributed by atoms with E-state index in [-0.39, 0.29) is 10.3 Å². The molecule has 0 saturated heterocycles. The summed E-state index contributed by atoms with van der Waals surface area (Å²) in [5, 5.41) is 0. The van der Waals surface area contributed by atoms with Crippen LogP contribution >= 0.6 is 51.2 Å². The van der Waals surface area contributed by atoms with Crippen LogP contribution in [0.15, 0.2) is 45.3 Å². The zero-order valence-corrected chi connectivity index (χ0v) is 17.3. The average Bonchev–Trinajstić information content (AvgIpc) is 2.48. The SMILES string of the molecule is O=P(O)(O)C(F)(F)c1ccc(CSCc2ccc(Br)cc2F)cc1Br. The highest BCUT2D eigenvalue weighted by atomic mass is 79.9. The van der Waals surface area contributed by atoms with E-state index in [1.165, 1.54) is 30.0 Å². The molecular weight excluding hydrogens is 508 g/mol. The first kappa shape index (κ1) is 21.0. The first-order valence-corrected chi connectivity index (χ1v) is 11.1. The fourth-order valence-electron chi connectivity index (χ4n) is 1.97. The van der Waals surface area contributed by atoms with Crippen LogP contribution in [0.5, 0.6) is 0 Å². The van der Waals surface area contributed by atoms with Crippen LogP contribution in [0, 0.1) is 5.82 Å². The second-order valence-electron chi connectivity index (χ2n) is 5.13. The van der Waals surface area contributed by atoms with Crippen molar-refractivity contribution < 1.29 is 27.5 Å². The van der Waals surface area contributed by atoms with Crippen LogP contribution in [0.1, 0.15) is 16.7 Å². The molecular formula is C15H12Br2F3O3PS. The maximum Gasteiger partial charge on any atom is 0.399 e. The van der Waals surface area contributed by atoms with Gasteiger partial charge in [-0.3, -0.25) is 4.57 Å². The highest BCUT2D eigenvalue weighted by Crippen LogP contribution is 2.60. The molecule has 2 aromatic rings.